The molecule has 0 saturated heterocycles. The molecule has 20 heavy (non-hydrogen) atoms. The van der Waals surface area contributed by atoms with Crippen molar-refractivity contribution in [3.63, 3.8) is 0 Å². The van der Waals surface area contributed by atoms with Crippen LogP contribution in [0.25, 0.3) is 0 Å². The lowest BCUT2D eigenvalue weighted by atomic mass is 10.1. The number of benzene rings is 2. The van der Waals surface area contributed by atoms with Crippen LogP contribution in [0.15, 0.2) is 46.9 Å². The molecule has 0 saturated carbocycles. The molecule has 2 aromatic rings. The molecule has 0 unspecified atom stereocenters. The minimum absolute atomic E-state index is 0.0191. The third-order valence-corrected chi connectivity index (χ3v) is 3.30. The van der Waals surface area contributed by atoms with Crippen LogP contribution in [-0.2, 0) is 6.61 Å². The van der Waals surface area contributed by atoms with Crippen LogP contribution in [0, 0.1) is 0 Å². The predicted octanol–water partition coefficient (Wildman–Crippen LogP) is 3.20. The Morgan fingerprint density at radius 2 is 1.95 bits per heavy atom. The second-order valence-corrected chi connectivity index (χ2v) is 5.07. The SMILES string of the molecule is COc1cc(Br)ccc1C(=O)Nc1ccc(CO)cc1. The molecule has 4 nitrogen and oxygen atoms in total. The van der Waals surface area contributed by atoms with E-state index in [4.69, 9.17) is 9.84 Å². The van der Waals surface area contributed by atoms with Gasteiger partial charge in [-0.25, -0.2) is 0 Å². The van der Waals surface area contributed by atoms with Crippen LogP contribution >= 0.6 is 15.9 Å². The Bertz CT molecular complexity index is 611. The molecule has 0 aromatic heterocycles. The molecule has 2 N–H and O–H groups in total. The van der Waals surface area contributed by atoms with Crippen LogP contribution in [0.4, 0.5) is 5.69 Å². The Labute approximate surface area is 125 Å². The maximum absolute atomic E-state index is 12.2. The van der Waals surface area contributed by atoms with Gasteiger partial charge in [-0.15, -0.1) is 0 Å². The summed E-state index contributed by atoms with van der Waals surface area (Å²) >= 11 is 3.33. The highest BCUT2D eigenvalue weighted by molar-refractivity contribution is 9.10. The van der Waals surface area contributed by atoms with Crippen LogP contribution in [0.5, 0.6) is 5.75 Å². The summed E-state index contributed by atoms with van der Waals surface area (Å²) in [4.78, 5) is 12.2. The smallest absolute Gasteiger partial charge is 0.259 e. The van der Waals surface area contributed by atoms with Crippen LogP contribution in [-0.4, -0.2) is 18.1 Å². The third-order valence-electron chi connectivity index (χ3n) is 2.80. The summed E-state index contributed by atoms with van der Waals surface area (Å²) < 4.78 is 6.04. The summed E-state index contributed by atoms with van der Waals surface area (Å²) in [7, 11) is 1.52. The number of ether oxygens (including phenoxy) is 1. The second kappa shape index (κ2) is 6.54. The van der Waals surface area contributed by atoms with E-state index in [2.05, 4.69) is 21.2 Å². The van der Waals surface area contributed by atoms with Crippen molar-refractivity contribution in [2.75, 3.05) is 12.4 Å². The van der Waals surface area contributed by atoms with Gasteiger partial charge in [0.25, 0.3) is 5.91 Å². The number of hydrogen-bond donors (Lipinski definition) is 2. The van der Waals surface area contributed by atoms with E-state index in [1.165, 1.54) is 7.11 Å². The van der Waals surface area contributed by atoms with Gasteiger partial charge in [-0.2, -0.15) is 0 Å². The Morgan fingerprint density at radius 1 is 1.25 bits per heavy atom. The van der Waals surface area contributed by atoms with Gasteiger partial charge in [-0.1, -0.05) is 28.1 Å². The molecule has 0 spiro atoms. The highest BCUT2D eigenvalue weighted by Gasteiger charge is 2.12. The number of methoxy groups -OCH3 is 1. The van der Waals surface area contributed by atoms with Crippen molar-refractivity contribution >= 4 is 27.5 Å². The van der Waals surface area contributed by atoms with Gasteiger partial charge in [0.2, 0.25) is 0 Å². The fourth-order valence-electron chi connectivity index (χ4n) is 1.74. The number of aliphatic hydroxyl groups excluding tert-OH is 1. The first-order valence-corrected chi connectivity index (χ1v) is 6.78. The summed E-state index contributed by atoms with van der Waals surface area (Å²) in [5, 5.41) is 11.8. The predicted molar refractivity (Wildman–Crippen MR) is 81.0 cm³/mol. The molecule has 0 aliphatic heterocycles. The van der Waals surface area contributed by atoms with E-state index in [1.807, 2.05) is 0 Å². The molecule has 1 amide bonds. The zero-order valence-electron chi connectivity index (χ0n) is 10.9. The quantitative estimate of drug-likeness (QED) is 0.901. The summed E-state index contributed by atoms with van der Waals surface area (Å²) in [5.41, 5.74) is 1.92. The molecule has 2 aromatic carbocycles. The first-order valence-electron chi connectivity index (χ1n) is 5.98. The molecule has 0 bridgehead atoms. The van der Waals surface area contributed by atoms with Crippen molar-refractivity contribution in [3.05, 3.63) is 58.1 Å². The molecule has 0 heterocycles. The molecule has 104 valence electrons. The Kier molecular flexibility index (Phi) is 4.76. The van der Waals surface area contributed by atoms with Crippen molar-refractivity contribution in [1.29, 1.82) is 0 Å². The average molecular weight is 336 g/mol. The van der Waals surface area contributed by atoms with Gasteiger partial charge in [0.1, 0.15) is 5.75 Å². The van der Waals surface area contributed by atoms with Gasteiger partial charge >= 0.3 is 0 Å². The first kappa shape index (κ1) is 14.6. The fraction of sp³-hybridized carbons (Fsp3) is 0.133. The lowest BCUT2D eigenvalue weighted by Gasteiger charge is -2.10. The molecular formula is C15H14BrNO3. The van der Waals surface area contributed by atoms with Gasteiger partial charge in [0, 0.05) is 10.2 Å². The number of carbonyl (C=O) groups excluding carboxylic acids is 1. The Balaban J connectivity index is 2.19. The number of aliphatic hydroxyl groups is 1. The van der Waals surface area contributed by atoms with Crippen LogP contribution in [0.3, 0.4) is 0 Å². The topological polar surface area (TPSA) is 58.6 Å². The largest absolute Gasteiger partial charge is 0.496 e. The number of halogens is 1. The molecule has 5 heteroatoms. The van der Waals surface area contributed by atoms with Crippen molar-refractivity contribution < 1.29 is 14.6 Å². The lowest BCUT2D eigenvalue weighted by Crippen LogP contribution is -2.13. The second-order valence-electron chi connectivity index (χ2n) is 4.15. The van der Waals surface area contributed by atoms with E-state index < -0.39 is 0 Å². The minimum atomic E-state index is -0.244. The van der Waals surface area contributed by atoms with Gasteiger partial charge in [0.05, 0.1) is 19.3 Å². The Hall–Kier alpha value is -1.85. The van der Waals surface area contributed by atoms with E-state index in [0.29, 0.717) is 17.0 Å². The highest BCUT2D eigenvalue weighted by Crippen LogP contribution is 2.24. The normalized spacial score (nSPS) is 10.2. The van der Waals surface area contributed by atoms with E-state index in [9.17, 15) is 4.79 Å². The lowest BCUT2D eigenvalue weighted by molar-refractivity contribution is 0.102. The molecule has 0 aliphatic carbocycles. The maximum Gasteiger partial charge on any atom is 0.259 e. The molecule has 2 rings (SSSR count). The van der Waals surface area contributed by atoms with E-state index in [0.717, 1.165) is 10.0 Å². The summed E-state index contributed by atoms with van der Waals surface area (Å²) in [6, 6.07) is 12.2. The zero-order chi connectivity index (χ0) is 14.5. The third kappa shape index (κ3) is 3.37. The van der Waals surface area contributed by atoms with Gasteiger partial charge in [0.15, 0.2) is 0 Å². The number of rotatable bonds is 4. The monoisotopic (exact) mass is 335 g/mol. The van der Waals surface area contributed by atoms with Crippen molar-refractivity contribution in [3.8, 4) is 5.75 Å². The standard InChI is InChI=1S/C15H14BrNO3/c1-20-14-8-11(16)4-7-13(14)15(19)17-12-5-2-10(9-18)3-6-12/h2-8,18H,9H2,1H3,(H,17,19). The molecule has 0 atom stereocenters. The highest BCUT2D eigenvalue weighted by atomic mass is 79.9. The van der Waals surface area contributed by atoms with Crippen LogP contribution in [0.2, 0.25) is 0 Å². The van der Waals surface area contributed by atoms with Crippen molar-refractivity contribution in [2.45, 2.75) is 6.61 Å². The number of carbonyl (C=O) groups is 1. The van der Waals surface area contributed by atoms with Gasteiger partial charge in [-0.05, 0) is 35.9 Å². The number of amides is 1. The maximum atomic E-state index is 12.2. The number of nitrogens with one attached hydrogen (secondary N) is 1. The summed E-state index contributed by atoms with van der Waals surface area (Å²) in [5.74, 6) is 0.259. The van der Waals surface area contributed by atoms with Gasteiger partial charge in [-0.3, -0.25) is 4.79 Å². The zero-order valence-corrected chi connectivity index (χ0v) is 12.5. The first-order chi connectivity index (χ1) is 9.63. The summed E-state index contributed by atoms with van der Waals surface area (Å²) in [6.07, 6.45) is 0. The van der Waals surface area contributed by atoms with Crippen molar-refractivity contribution in [2.24, 2.45) is 0 Å². The fourth-order valence-corrected chi connectivity index (χ4v) is 2.08. The molecule has 0 radical (unpaired) electrons. The van der Waals surface area contributed by atoms with E-state index in [-0.39, 0.29) is 12.5 Å². The van der Waals surface area contributed by atoms with Crippen LogP contribution in [0.1, 0.15) is 15.9 Å². The Morgan fingerprint density at radius 3 is 2.55 bits per heavy atom. The summed E-state index contributed by atoms with van der Waals surface area (Å²) in [6.45, 7) is -0.0191. The van der Waals surface area contributed by atoms with E-state index in [1.54, 1.807) is 42.5 Å². The number of hydrogen-bond acceptors (Lipinski definition) is 3. The minimum Gasteiger partial charge on any atom is -0.496 e. The molecule has 0 fully saturated rings. The molecule has 0 aliphatic rings. The van der Waals surface area contributed by atoms with Gasteiger partial charge < -0.3 is 15.2 Å². The molecular weight excluding hydrogens is 322 g/mol. The van der Waals surface area contributed by atoms with E-state index >= 15 is 0 Å². The number of anilines is 1. The van der Waals surface area contributed by atoms with Crippen molar-refractivity contribution in [1.82, 2.24) is 0 Å². The average Bonchev–Trinajstić information content (AvgIpc) is 2.47. The van der Waals surface area contributed by atoms with Crippen LogP contribution < -0.4 is 10.1 Å².